The van der Waals surface area contributed by atoms with Gasteiger partial charge in [0.25, 0.3) is 0 Å². The first kappa shape index (κ1) is 14.7. The Morgan fingerprint density at radius 2 is 2.13 bits per heavy atom. The van der Waals surface area contributed by atoms with Gasteiger partial charge in [-0.3, -0.25) is 4.79 Å². The molecule has 1 aliphatic heterocycles. The molecule has 0 bridgehead atoms. The molecule has 90 valence electrons. The normalized spacial score (nSPS) is 25.3. The van der Waals surface area contributed by atoms with Crippen LogP contribution in [0.25, 0.3) is 0 Å². The van der Waals surface area contributed by atoms with E-state index in [9.17, 15) is 4.79 Å². The van der Waals surface area contributed by atoms with Crippen LogP contribution in [0.5, 0.6) is 0 Å². The Morgan fingerprint density at radius 1 is 1.53 bits per heavy atom. The van der Waals surface area contributed by atoms with Crippen LogP contribution in [0.3, 0.4) is 0 Å². The molecule has 4 nitrogen and oxygen atoms in total. The topological polar surface area (TPSA) is 58.4 Å². The average Bonchev–Trinajstić information content (AvgIpc) is 2.16. The third kappa shape index (κ3) is 3.63. The number of carbonyl (C=O) groups excluding carboxylic acids is 1. The first-order valence-electron chi connectivity index (χ1n) is 5.30. The lowest BCUT2D eigenvalue weighted by Crippen LogP contribution is -2.55. The zero-order chi connectivity index (χ0) is 10.7. The minimum absolute atomic E-state index is 0. The molecule has 0 aromatic rings. The van der Waals surface area contributed by atoms with Crippen LogP contribution in [-0.2, 0) is 4.79 Å². The molecule has 0 radical (unpaired) electrons. The molecular formula is C10H22ClN3O. The third-order valence-corrected chi connectivity index (χ3v) is 2.96. The highest BCUT2D eigenvalue weighted by atomic mass is 35.5. The van der Waals surface area contributed by atoms with Crippen LogP contribution in [0.15, 0.2) is 0 Å². The van der Waals surface area contributed by atoms with Crippen LogP contribution >= 0.6 is 12.4 Å². The first-order chi connectivity index (χ1) is 6.54. The van der Waals surface area contributed by atoms with Crippen molar-refractivity contribution in [3.05, 3.63) is 0 Å². The number of carbonyl (C=O) groups is 1. The van der Waals surface area contributed by atoms with Gasteiger partial charge in [-0.15, -0.1) is 12.4 Å². The van der Waals surface area contributed by atoms with Gasteiger partial charge in [-0.1, -0.05) is 6.92 Å². The molecule has 0 aromatic heterocycles. The van der Waals surface area contributed by atoms with Crippen molar-refractivity contribution in [2.75, 3.05) is 19.6 Å². The second kappa shape index (κ2) is 6.30. The van der Waals surface area contributed by atoms with E-state index in [4.69, 9.17) is 5.73 Å². The van der Waals surface area contributed by atoms with Gasteiger partial charge in [0.15, 0.2) is 0 Å². The summed E-state index contributed by atoms with van der Waals surface area (Å²) in [6.07, 6.45) is 0. The van der Waals surface area contributed by atoms with Crippen LogP contribution < -0.4 is 11.1 Å². The molecule has 1 amide bonds. The largest absolute Gasteiger partial charge is 0.337 e. The summed E-state index contributed by atoms with van der Waals surface area (Å²) in [5.74, 6) is 0.115. The second-order valence-corrected chi connectivity index (χ2v) is 4.23. The van der Waals surface area contributed by atoms with Crippen molar-refractivity contribution in [2.24, 2.45) is 11.7 Å². The predicted molar refractivity (Wildman–Crippen MR) is 64.1 cm³/mol. The van der Waals surface area contributed by atoms with E-state index >= 15 is 0 Å². The van der Waals surface area contributed by atoms with Gasteiger partial charge in [0.1, 0.15) is 0 Å². The predicted octanol–water partition coefficient (Wildman–Crippen LogP) is 0.212. The van der Waals surface area contributed by atoms with Crippen molar-refractivity contribution < 1.29 is 4.79 Å². The quantitative estimate of drug-likeness (QED) is 0.720. The molecule has 1 saturated heterocycles. The summed E-state index contributed by atoms with van der Waals surface area (Å²) in [6.45, 7) is 8.44. The summed E-state index contributed by atoms with van der Waals surface area (Å²) in [5.41, 5.74) is 5.73. The Bertz CT molecular complexity index is 211. The molecule has 3 atom stereocenters. The molecule has 1 aliphatic rings. The van der Waals surface area contributed by atoms with Gasteiger partial charge in [-0.2, -0.15) is 0 Å². The standard InChI is InChI=1S/C10H21N3O.ClH/c1-7-6-12-4-5-13(7)10(14)8(2)9(3)11;/h7-9,12H,4-6,11H2,1-3H3;1H. The molecule has 0 spiro atoms. The fraction of sp³-hybridized carbons (Fsp3) is 0.900. The number of nitrogens with zero attached hydrogens (tertiary/aromatic N) is 1. The lowest BCUT2D eigenvalue weighted by molar-refractivity contribution is -0.138. The molecular weight excluding hydrogens is 214 g/mol. The van der Waals surface area contributed by atoms with E-state index in [1.807, 2.05) is 18.7 Å². The van der Waals surface area contributed by atoms with Crippen LogP contribution in [-0.4, -0.2) is 42.5 Å². The average molecular weight is 236 g/mol. The van der Waals surface area contributed by atoms with Crippen molar-refractivity contribution in [1.82, 2.24) is 10.2 Å². The summed E-state index contributed by atoms with van der Waals surface area (Å²) in [6, 6.07) is 0.224. The van der Waals surface area contributed by atoms with Gasteiger partial charge < -0.3 is 16.0 Å². The second-order valence-electron chi connectivity index (χ2n) is 4.23. The van der Waals surface area contributed by atoms with Gasteiger partial charge in [0, 0.05) is 31.7 Å². The number of amides is 1. The summed E-state index contributed by atoms with van der Waals surface area (Å²) in [4.78, 5) is 13.9. The van der Waals surface area contributed by atoms with E-state index in [1.165, 1.54) is 0 Å². The molecule has 1 rings (SSSR count). The Labute approximate surface area is 98.0 Å². The van der Waals surface area contributed by atoms with E-state index in [2.05, 4.69) is 12.2 Å². The molecule has 0 aromatic carbocycles. The zero-order valence-electron chi connectivity index (χ0n) is 9.69. The number of piperazine rings is 1. The SMILES string of the molecule is CC(N)C(C)C(=O)N1CCNCC1C.Cl. The van der Waals surface area contributed by atoms with Crippen molar-refractivity contribution in [2.45, 2.75) is 32.9 Å². The smallest absolute Gasteiger partial charge is 0.227 e. The van der Waals surface area contributed by atoms with Crippen molar-refractivity contribution in [1.29, 1.82) is 0 Å². The van der Waals surface area contributed by atoms with E-state index in [0.29, 0.717) is 0 Å². The number of rotatable bonds is 2. The summed E-state index contributed by atoms with van der Waals surface area (Å²) in [7, 11) is 0. The lowest BCUT2D eigenvalue weighted by Gasteiger charge is -2.36. The van der Waals surface area contributed by atoms with Crippen molar-refractivity contribution in [3.63, 3.8) is 0 Å². The molecule has 3 unspecified atom stereocenters. The molecule has 15 heavy (non-hydrogen) atoms. The van der Waals surface area contributed by atoms with Gasteiger partial charge in [0.2, 0.25) is 5.91 Å². The van der Waals surface area contributed by atoms with E-state index in [1.54, 1.807) is 0 Å². The van der Waals surface area contributed by atoms with Gasteiger partial charge >= 0.3 is 0 Å². The fourth-order valence-electron chi connectivity index (χ4n) is 1.65. The van der Waals surface area contributed by atoms with E-state index in [-0.39, 0.29) is 36.3 Å². The molecule has 5 heteroatoms. The highest BCUT2D eigenvalue weighted by Gasteiger charge is 2.28. The number of nitrogens with one attached hydrogen (secondary N) is 1. The molecule has 1 heterocycles. The number of hydrogen-bond acceptors (Lipinski definition) is 3. The van der Waals surface area contributed by atoms with Gasteiger partial charge in [-0.25, -0.2) is 0 Å². The van der Waals surface area contributed by atoms with Crippen LogP contribution in [0.4, 0.5) is 0 Å². The molecule has 0 saturated carbocycles. The first-order valence-corrected chi connectivity index (χ1v) is 5.30. The summed E-state index contributed by atoms with van der Waals surface area (Å²) in [5, 5.41) is 3.26. The monoisotopic (exact) mass is 235 g/mol. The Kier molecular flexibility index (Phi) is 6.17. The minimum Gasteiger partial charge on any atom is -0.337 e. The maximum Gasteiger partial charge on any atom is 0.227 e. The maximum atomic E-state index is 12.0. The van der Waals surface area contributed by atoms with Crippen molar-refractivity contribution >= 4 is 18.3 Å². The van der Waals surface area contributed by atoms with E-state index < -0.39 is 0 Å². The highest BCUT2D eigenvalue weighted by molar-refractivity contribution is 5.85. The fourth-order valence-corrected chi connectivity index (χ4v) is 1.65. The van der Waals surface area contributed by atoms with Gasteiger partial charge in [-0.05, 0) is 13.8 Å². The molecule has 3 N–H and O–H groups in total. The minimum atomic E-state index is -0.0736. The van der Waals surface area contributed by atoms with Crippen LogP contribution in [0, 0.1) is 5.92 Å². The Balaban J connectivity index is 0.00000196. The molecule has 1 fully saturated rings. The van der Waals surface area contributed by atoms with Gasteiger partial charge in [0.05, 0.1) is 5.92 Å². The van der Waals surface area contributed by atoms with Crippen molar-refractivity contribution in [3.8, 4) is 0 Å². The summed E-state index contributed by atoms with van der Waals surface area (Å²) < 4.78 is 0. The maximum absolute atomic E-state index is 12.0. The third-order valence-electron chi connectivity index (χ3n) is 2.96. The summed E-state index contributed by atoms with van der Waals surface area (Å²) >= 11 is 0. The number of nitrogens with two attached hydrogens (primary N) is 1. The van der Waals surface area contributed by atoms with Crippen LogP contribution in [0.1, 0.15) is 20.8 Å². The number of halogens is 1. The lowest BCUT2D eigenvalue weighted by atomic mass is 10.0. The Morgan fingerprint density at radius 3 is 2.60 bits per heavy atom. The van der Waals surface area contributed by atoms with E-state index in [0.717, 1.165) is 19.6 Å². The highest BCUT2D eigenvalue weighted by Crippen LogP contribution is 2.10. The number of hydrogen-bond donors (Lipinski definition) is 2. The molecule has 0 aliphatic carbocycles. The van der Waals surface area contributed by atoms with Crippen LogP contribution in [0.2, 0.25) is 0 Å². The Hall–Kier alpha value is -0.320. The zero-order valence-corrected chi connectivity index (χ0v) is 10.5.